The first-order valence-corrected chi connectivity index (χ1v) is 9.90. The number of hydrogen-bond donors (Lipinski definition) is 1. The molecule has 1 aromatic carbocycles. The van der Waals surface area contributed by atoms with E-state index in [9.17, 15) is 13.2 Å². The second-order valence-corrected chi connectivity index (χ2v) is 9.19. The van der Waals surface area contributed by atoms with E-state index >= 15 is 0 Å². The number of rotatable bonds is 8. The molecule has 0 saturated carbocycles. The third-order valence-electron chi connectivity index (χ3n) is 3.76. The maximum absolute atomic E-state index is 12.4. The van der Waals surface area contributed by atoms with Crippen molar-refractivity contribution in [2.24, 2.45) is 5.92 Å². The molecule has 1 amide bonds. The van der Waals surface area contributed by atoms with Crippen LogP contribution in [0.25, 0.3) is 0 Å². The zero-order chi connectivity index (χ0) is 18.5. The number of benzene rings is 1. The molecule has 0 saturated heterocycles. The second kappa shape index (κ2) is 8.83. The van der Waals surface area contributed by atoms with Crippen LogP contribution in [0.4, 0.5) is 0 Å². The van der Waals surface area contributed by atoms with E-state index in [1.54, 1.807) is 0 Å². The minimum Gasteiger partial charge on any atom is -0.350 e. The van der Waals surface area contributed by atoms with Gasteiger partial charge in [0, 0.05) is 20.1 Å². The summed E-state index contributed by atoms with van der Waals surface area (Å²) in [6.07, 6.45) is 3.01. The molecule has 1 N–H and O–H groups in total. The zero-order valence-corrected chi connectivity index (χ0v) is 16.5. The molecule has 0 radical (unpaired) electrons. The minimum absolute atomic E-state index is 0.00132. The lowest BCUT2D eigenvalue weighted by molar-refractivity contribution is 0.0937. The molecule has 136 valence electrons. The second-order valence-electron chi connectivity index (χ2n) is 6.63. The average Bonchev–Trinajstić information content (AvgIpc) is 2.46. The molecule has 0 fully saturated rings. The number of sulfonamides is 1. The van der Waals surface area contributed by atoms with Crippen LogP contribution in [-0.2, 0) is 10.0 Å². The number of amides is 1. The topological polar surface area (TPSA) is 66.5 Å². The molecule has 1 aromatic rings. The number of carbonyl (C=O) groups excluding carboxylic acids is 1. The van der Waals surface area contributed by atoms with Gasteiger partial charge in [-0.3, -0.25) is 4.79 Å². The molecular weight excluding hydrogens is 348 g/mol. The van der Waals surface area contributed by atoms with Gasteiger partial charge in [-0.25, -0.2) is 12.7 Å². The highest BCUT2D eigenvalue weighted by atomic mass is 35.5. The van der Waals surface area contributed by atoms with Crippen LogP contribution in [-0.4, -0.2) is 38.8 Å². The van der Waals surface area contributed by atoms with Gasteiger partial charge in [0.2, 0.25) is 10.0 Å². The molecule has 5 nitrogen and oxygen atoms in total. The predicted molar refractivity (Wildman–Crippen MR) is 97.9 cm³/mol. The molecule has 0 aliphatic rings. The number of nitrogens with one attached hydrogen (secondary N) is 1. The average molecular weight is 375 g/mol. The molecule has 1 atom stereocenters. The van der Waals surface area contributed by atoms with Gasteiger partial charge in [-0.15, -0.1) is 0 Å². The summed E-state index contributed by atoms with van der Waals surface area (Å²) in [6.45, 7) is 6.27. The fourth-order valence-electron chi connectivity index (χ4n) is 2.26. The molecule has 0 spiro atoms. The minimum atomic E-state index is -3.61. The Labute approximate surface area is 150 Å². The van der Waals surface area contributed by atoms with E-state index in [0.717, 1.165) is 23.6 Å². The van der Waals surface area contributed by atoms with Crippen LogP contribution in [0.2, 0.25) is 5.02 Å². The third kappa shape index (κ3) is 5.76. The number of hydrogen-bond acceptors (Lipinski definition) is 3. The highest BCUT2D eigenvalue weighted by molar-refractivity contribution is 7.89. The predicted octanol–water partition coefficient (Wildman–Crippen LogP) is 3.53. The van der Waals surface area contributed by atoms with Gasteiger partial charge in [-0.2, -0.15) is 0 Å². The summed E-state index contributed by atoms with van der Waals surface area (Å²) in [5, 5.41) is 3.12. The molecule has 0 heterocycles. The molecule has 7 heteroatoms. The smallest absolute Gasteiger partial charge is 0.253 e. The summed E-state index contributed by atoms with van der Waals surface area (Å²) in [5.74, 6) is 0.281. The zero-order valence-electron chi connectivity index (χ0n) is 15.0. The fourth-order valence-corrected chi connectivity index (χ4v) is 3.39. The van der Waals surface area contributed by atoms with Crippen LogP contribution >= 0.6 is 11.6 Å². The monoisotopic (exact) mass is 374 g/mol. The Kier molecular flexibility index (Phi) is 7.70. The molecule has 0 aliphatic carbocycles. The lowest BCUT2D eigenvalue weighted by Gasteiger charge is -2.16. The Bertz CT molecular complexity index is 672. The van der Waals surface area contributed by atoms with E-state index in [-0.39, 0.29) is 27.4 Å². The van der Waals surface area contributed by atoms with Crippen LogP contribution in [0.15, 0.2) is 23.1 Å². The van der Waals surface area contributed by atoms with Gasteiger partial charge in [-0.1, -0.05) is 38.3 Å². The molecule has 0 aliphatic heterocycles. The standard InChI is InChI=1S/C17H27ClN2O3S/c1-12(2)7-6-8-13(3)19-17(21)15-11-14(9-10-16(15)18)24(22,23)20(4)5/h9-13H,6-8H2,1-5H3,(H,19,21)/t13-/m1/s1. The largest absolute Gasteiger partial charge is 0.350 e. The highest BCUT2D eigenvalue weighted by Gasteiger charge is 2.21. The third-order valence-corrected chi connectivity index (χ3v) is 5.90. The number of halogens is 1. The van der Waals surface area contributed by atoms with Crippen molar-refractivity contribution in [2.45, 2.75) is 51.0 Å². The van der Waals surface area contributed by atoms with Crippen molar-refractivity contribution in [1.29, 1.82) is 0 Å². The molecule has 1 rings (SSSR count). The van der Waals surface area contributed by atoms with E-state index in [0.29, 0.717) is 5.92 Å². The van der Waals surface area contributed by atoms with E-state index in [4.69, 9.17) is 11.6 Å². The van der Waals surface area contributed by atoms with Crippen LogP contribution in [0.5, 0.6) is 0 Å². The van der Waals surface area contributed by atoms with Gasteiger partial charge in [0.15, 0.2) is 0 Å². The Morgan fingerprint density at radius 3 is 2.38 bits per heavy atom. The molecule has 0 unspecified atom stereocenters. The number of carbonyl (C=O) groups is 1. The first-order valence-electron chi connectivity index (χ1n) is 8.08. The van der Waals surface area contributed by atoms with Gasteiger partial charge < -0.3 is 5.32 Å². The maximum atomic E-state index is 12.4. The van der Waals surface area contributed by atoms with Gasteiger partial charge in [0.05, 0.1) is 15.5 Å². The lowest BCUT2D eigenvalue weighted by atomic mass is 10.0. The number of nitrogens with zero attached hydrogens (tertiary/aromatic N) is 1. The summed E-state index contributed by atoms with van der Waals surface area (Å²) in [4.78, 5) is 12.5. The molecular formula is C17H27ClN2O3S. The Hall–Kier alpha value is -1.11. The van der Waals surface area contributed by atoms with Gasteiger partial charge in [0.25, 0.3) is 5.91 Å². The van der Waals surface area contributed by atoms with Crippen LogP contribution in [0.1, 0.15) is 50.4 Å². The fraction of sp³-hybridized carbons (Fsp3) is 0.588. The Morgan fingerprint density at radius 1 is 1.21 bits per heavy atom. The van der Waals surface area contributed by atoms with E-state index in [1.165, 1.54) is 32.3 Å². The summed E-state index contributed by atoms with van der Waals surface area (Å²) >= 11 is 6.08. The highest BCUT2D eigenvalue weighted by Crippen LogP contribution is 2.22. The summed E-state index contributed by atoms with van der Waals surface area (Å²) < 4.78 is 25.5. The Morgan fingerprint density at radius 2 is 1.83 bits per heavy atom. The first kappa shape index (κ1) is 20.9. The van der Waals surface area contributed by atoms with Crippen molar-refractivity contribution >= 4 is 27.5 Å². The van der Waals surface area contributed by atoms with Crippen molar-refractivity contribution in [2.75, 3.05) is 14.1 Å². The van der Waals surface area contributed by atoms with Crippen molar-refractivity contribution in [3.63, 3.8) is 0 Å². The van der Waals surface area contributed by atoms with E-state index in [1.807, 2.05) is 6.92 Å². The van der Waals surface area contributed by atoms with E-state index < -0.39 is 10.0 Å². The normalized spacial score (nSPS) is 13.3. The van der Waals surface area contributed by atoms with Crippen molar-refractivity contribution in [3.8, 4) is 0 Å². The Balaban J connectivity index is 2.87. The first-order chi connectivity index (χ1) is 11.1. The van der Waals surface area contributed by atoms with Crippen LogP contribution in [0.3, 0.4) is 0 Å². The summed E-state index contributed by atoms with van der Waals surface area (Å²) in [5.41, 5.74) is 0.176. The van der Waals surface area contributed by atoms with Crippen LogP contribution < -0.4 is 5.32 Å². The van der Waals surface area contributed by atoms with Gasteiger partial charge >= 0.3 is 0 Å². The van der Waals surface area contributed by atoms with Gasteiger partial charge in [0.1, 0.15) is 0 Å². The van der Waals surface area contributed by atoms with E-state index in [2.05, 4.69) is 19.2 Å². The molecule has 0 aromatic heterocycles. The molecule has 0 bridgehead atoms. The maximum Gasteiger partial charge on any atom is 0.253 e. The summed E-state index contributed by atoms with van der Waals surface area (Å²) in [7, 11) is -0.717. The summed E-state index contributed by atoms with van der Waals surface area (Å²) in [6, 6.07) is 4.17. The molecule has 24 heavy (non-hydrogen) atoms. The quantitative estimate of drug-likeness (QED) is 0.756. The van der Waals surface area contributed by atoms with Crippen molar-refractivity contribution < 1.29 is 13.2 Å². The SMILES string of the molecule is CC(C)CCC[C@@H](C)NC(=O)c1cc(S(=O)(=O)N(C)C)ccc1Cl. The van der Waals surface area contributed by atoms with Crippen molar-refractivity contribution in [1.82, 2.24) is 9.62 Å². The van der Waals surface area contributed by atoms with Gasteiger partial charge in [-0.05, 0) is 37.5 Å². The van der Waals surface area contributed by atoms with Crippen LogP contribution in [0, 0.1) is 5.92 Å². The lowest BCUT2D eigenvalue weighted by Crippen LogP contribution is -2.33. The van der Waals surface area contributed by atoms with Crippen molar-refractivity contribution in [3.05, 3.63) is 28.8 Å².